The second kappa shape index (κ2) is 6.68. The van der Waals surface area contributed by atoms with Crippen molar-refractivity contribution >= 4 is 13.9 Å². The number of hydrogen-bond donors (Lipinski definition) is 1. The molecule has 1 aromatic rings. The summed E-state index contributed by atoms with van der Waals surface area (Å²) in [5.74, 6) is 0. The fourth-order valence-corrected chi connectivity index (χ4v) is 8.16. The molecule has 0 spiro atoms. The van der Waals surface area contributed by atoms with Gasteiger partial charge in [-0.3, -0.25) is 0 Å². The van der Waals surface area contributed by atoms with Crippen LogP contribution in [0.3, 0.4) is 0 Å². The van der Waals surface area contributed by atoms with Crippen LogP contribution in [0.4, 0.5) is 0 Å². The third-order valence-electron chi connectivity index (χ3n) is 6.30. The Morgan fingerprint density at radius 1 is 0.958 bits per heavy atom. The quantitative estimate of drug-likeness (QED) is 0.785. The van der Waals surface area contributed by atoms with Crippen molar-refractivity contribution in [3.63, 3.8) is 0 Å². The second-order valence-electron chi connectivity index (χ2n) is 8.51. The molecule has 1 atom stereocenters. The maximum absolute atomic E-state index is 4.16. The molecule has 1 aliphatic heterocycles. The first-order valence-electron chi connectivity index (χ1n) is 9.99. The molecule has 2 aliphatic carbocycles. The lowest BCUT2D eigenvalue weighted by molar-refractivity contribution is 0.413. The molecule has 3 heteroatoms. The van der Waals surface area contributed by atoms with E-state index in [1.807, 2.05) is 0 Å². The highest BCUT2D eigenvalue weighted by molar-refractivity contribution is 6.77. The van der Waals surface area contributed by atoms with Crippen LogP contribution in [0.25, 0.3) is 5.70 Å². The third kappa shape index (κ3) is 3.09. The molecule has 0 radical (unpaired) electrons. The Morgan fingerprint density at radius 2 is 1.67 bits per heavy atom. The molecule has 1 saturated heterocycles. The SMILES string of the molecule is C[Si](C)(NC1CCCCC1)C1C=C(N2CCCC2)c2ccccc21. The maximum Gasteiger partial charge on any atom is 0.131 e. The average molecular weight is 341 g/mol. The van der Waals surface area contributed by atoms with Crippen LogP contribution in [0.5, 0.6) is 0 Å². The fourth-order valence-electron chi connectivity index (χ4n) is 5.03. The number of hydrogen-bond acceptors (Lipinski definition) is 2. The normalized spacial score (nSPS) is 25.0. The van der Waals surface area contributed by atoms with Crippen molar-refractivity contribution in [2.24, 2.45) is 0 Å². The molecule has 1 unspecified atom stereocenters. The molecule has 0 bridgehead atoms. The molecular weight excluding hydrogens is 308 g/mol. The number of nitrogens with zero attached hydrogens (tertiary/aromatic N) is 1. The van der Waals surface area contributed by atoms with E-state index in [0.717, 1.165) is 6.04 Å². The highest BCUT2D eigenvalue weighted by Gasteiger charge is 2.39. The summed E-state index contributed by atoms with van der Waals surface area (Å²) < 4.78 is 0. The predicted molar refractivity (Wildman–Crippen MR) is 105 cm³/mol. The van der Waals surface area contributed by atoms with Crippen LogP contribution in [0.15, 0.2) is 30.3 Å². The largest absolute Gasteiger partial charge is 0.371 e. The van der Waals surface area contributed by atoms with E-state index in [-0.39, 0.29) is 0 Å². The van der Waals surface area contributed by atoms with E-state index in [1.54, 1.807) is 5.56 Å². The lowest BCUT2D eigenvalue weighted by atomic mass is 9.96. The van der Waals surface area contributed by atoms with Crippen LogP contribution < -0.4 is 4.98 Å². The number of fused-ring (bicyclic) bond motifs is 1. The standard InChI is InChI=1S/C21H32N2Si/c1-24(2,22-17-10-4-3-5-11-17)21-16-20(23-14-8-9-15-23)18-12-6-7-13-19(18)21/h6-7,12-13,16-17,21-22H,3-5,8-11,14-15H2,1-2H3. The van der Waals surface area contributed by atoms with Crippen molar-refractivity contribution < 1.29 is 0 Å². The van der Waals surface area contributed by atoms with E-state index >= 15 is 0 Å². The van der Waals surface area contributed by atoms with E-state index in [9.17, 15) is 0 Å². The molecule has 2 nitrogen and oxygen atoms in total. The van der Waals surface area contributed by atoms with E-state index in [0.29, 0.717) is 5.54 Å². The third-order valence-corrected chi connectivity index (χ3v) is 9.49. The molecule has 24 heavy (non-hydrogen) atoms. The number of likely N-dealkylation sites (tertiary alicyclic amines) is 1. The molecular formula is C21H32N2Si. The van der Waals surface area contributed by atoms with Gasteiger partial charge in [0.2, 0.25) is 0 Å². The summed E-state index contributed by atoms with van der Waals surface area (Å²) in [5, 5.41) is 0. The summed E-state index contributed by atoms with van der Waals surface area (Å²) in [6.45, 7) is 7.58. The lowest BCUT2D eigenvalue weighted by Gasteiger charge is -2.36. The average Bonchev–Trinajstić information content (AvgIpc) is 3.23. The van der Waals surface area contributed by atoms with Gasteiger partial charge in [0, 0.05) is 35.9 Å². The van der Waals surface area contributed by atoms with Crippen molar-refractivity contribution in [2.75, 3.05) is 13.1 Å². The summed E-state index contributed by atoms with van der Waals surface area (Å²) in [6, 6.07) is 9.95. The molecule has 1 N–H and O–H groups in total. The highest BCUT2D eigenvalue weighted by Crippen LogP contribution is 2.42. The minimum Gasteiger partial charge on any atom is -0.371 e. The van der Waals surface area contributed by atoms with Crippen molar-refractivity contribution in [2.45, 2.75) is 69.6 Å². The summed E-state index contributed by atoms with van der Waals surface area (Å²) in [4.78, 5) is 6.79. The summed E-state index contributed by atoms with van der Waals surface area (Å²) >= 11 is 0. The van der Waals surface area contributed by atoms with Crippen molar-refractivity contribution in [3.8, 4) is 0 Å². The van der Waals surface area contributed by atoms with Gasteiger partial charge in [-0.05, 0) is 31.2 Å². The smallest absolute Gasteiger partial charge is 0.131 e. The Bertz CT molecular complexity index is 610. The molecule has 0 amide bonds. The van der Waals surface area contributed by atoms with Crippen LogP contribution >= 0.6 is 0 Å². The van der Waals surface area contributed by atoms with Gasteiger partial charge in [-0.25, -0.2) is 0 Å². The first kappa shape index (κ1) is 16.4. The zero-order valence-corrected chi connectivity index (χ0v) is 16.4. The first-order valence-corrected chi connectivity index (χ1v) is 13.1. The van der Waals surface area contributed by atoms with Gasteiger partial charge in [-0.2, -0.15) is 0 Å². The van der Waals surface area contributed by atoms with Crippen LogP contribution in [-0.4, -0.2) is 32.3 Å². The van der Waals surface area contributed by atoms with Crippen molar-refractivity contribution in [1.29, 1.82) is 0 Å². The minimum absolute atomic E-state index is 0.617. The van der Waals surface area contributed by atoms with Gasteiger partial charge >= 0.3 is 0 Å². The second-order valence-corrected chi connectivity index (χ2v) is 12.9. The van der Waals surface area contributed by atoms with Gasteiger partial charge in [-0.15, -0.1) is 0 Å². The Kier molecular flexibility index (Phi) is 4.57. The van der Waals surface area contributed by atoms with Gasteiger partial charge < -0.3 is 9.88 Å². The van der Waals surface area contributed by atoms with Crippen LogP contribution in [-0.2, 0) is 0 Å². The lowest BCUT2D eigenvalue weighted by Crippen LogP contribution is -2.54. The molecule has 1 saturated carbocycles. The van der Waals surface area contributed by atoms with Crippen molar-refractivity contribution in [1.82, 2.24) is 9.88 Å². The fraction of sp³-hybridized carbons (Fsp3) is 0.619. The van der Waals surface area contributed by atoms with E-state index in [2.05, 4.69) is 53.3 Å². The molecule has 1 heterocycles. The Balaban J connectivity index is 1.61. The number of nitrogens with one attached hydrogen (secondary N) is 1. The van der Waals surface area contributed by atoms with Crippen molar-refractivity contribution in [3.05, 3.63) is 41.5 Å². The minimum atomic E-state index is -1.55. The zero-order valence-electron chi connectivity index (χ0n) is 15.4. The highest BCUT2D eigenvalue weighted by atomic mass is 28.3. The number of allylic oxidation sites excluding steroid dienone is 1. The van der Waals surface area contributed by atoms with Crippen LogP contribution in [0.2, 0.25) is 13.1 Å². The van der Waals surface area contributed by atoms with Crippen LogP contribution in [0.1, 0.15) is 61.6 Å². The summed E-state index contributed by atoms with van der Waals surface area (Å²) in [5.41, 5.74) is 5.24. The maximum atomic E-state index is 4.16. The topological polar surface area (TPSA) is 15.3 Å². The van der Waals surface area contributed by atoms with Gasteiger partial charge in [0.25, 0.3) is 0 Å². The van der Waals surface area contributed by atoms with E-state index < -0.39 is 8.24 Å². The molecule has 4 rings (SSSR count). The number of rotatable bonds is 4. The Morgan fingerprint density at radius 3 is 2.42 bits per heavy atom. The van der Waals surface area contributed by atoms with Crippen LogP contribution in [0, 0.1) is 0 Å². The summed E-state index contributed by atoms with van der Waals surface area (Å²) in [6.07, 6.45) is 12.4. The van der Waals surface area contributed by atoms with Gasteiger partial charge in [0.1, 0.15) is 8.24 Å². The van der Waals surface area contributed by atoms with Gasteiger partial charge in [-0.1, -0.05) is 62.7 Å². The van der Waals surface area contributed by atoms with Gasteiger partial charge in [0.05, 0.1) is 0 Å². The molecule has 1 aromatic carbocycles. The number of benzene rings is 1. The van der Waals surface area contributed by atoms with Gasteiger partial charge in [0.15, 0.2) is 0 Å². The first-order chi connectivity index (χ1) is 11.6. The monoisotopic (exact) mass is 340 g/mol. The predicted octanol–water partition coefficient (Wildman–Crippen LogP) is 4.89. The molecule has 2 fully saturated rings. The van der Waals surface area contributed by atoms with E-state index in [4.69, 9.17) is 0 Å². The van der Waals surface area contributed by atoms with E-state index in [1.165, 1.54) is 69.3 Å². The Labute approximate surface area is 148 Å². The zero-order chi connectivity index (χ0) is 16.6. The molecule has 130 valence electrons. The Hall–Kier alpha value is -1.06. The molecule has 0 aromatic heterocycles. The summed E-state index contributed by atoms with van der Waals surface area (Å²) in [7, 11) is -1.55. The molecule has 3 aliphatic rings.